The fourth-order valence-electron chi connectivity index (χ4n) is 3.54. The molecule has 1 atom stereocenters. The smallest absolute Gasteiger partial charge is 0.191 e. The number of guanidine groups is 1. The predicted molar refractivity (Wildman–Crippen MR) is 123 cm³/mol. The van der Waals surface area contributed by atoms with E-state index in [-0.39, 0.29) is 6.04 Å². The van der Waals surface area contributed by atoms with Crippen molar-refractivity contribution < 1.29 is 0 Å². The van der Waals surface area contributed by atoms with Crippen molar-refractivity contribution >= 4 is 11.6 Å². The highest BCUT2D eigenvalue weighted by Crippen LogP contribution is 2.18. The minimum Gasteiger partial charge on any atom is -0.364 e. The number of benzene rings is 2. The van der Waals surface area contributed by atoms with Gasteiger partial charge in [0.2, 0.25) is 0 Å². The molecular weight excluding hydrogens is 372 g/mol. The highest BCUT2D eigenvalue weighted by molar-refractivity contribution is 5.80. The number of nitrogens with zero attached hydrogens (tertiary/aromatic N) is 4. The van der Waals surface area contributed by atoms with Gasteiger partial charge in [0.05, 0.1) is 11.7 Å². The lowest BCUT2D eigenvalue weighted by atomic mass is 10.1. The van der Waals surface area contributed by atoms with Crippen LogP contribution in [0.2, 0.25) is 0 Å². The molecule has 0 bridgehead atoms. The summed E-state index contributed by atoms with van der Waals surface area (Å²) >= 11 is 0. The first kappa shape index (κ1) is 19.8. The van der Waals surface area contributed by atoms with Gasteiger partial charge in [-0.05, 0) is 48.4 Å². The summed E-state index contributed by atoms with van der Waals surface area (Å²) in [5.41, 5.74) is 4.70. The van der Waals surface area contributed by atoms with Crippen LogP contribution in [0.5, 0.6) is 0 Å². The van der Waals surface area contributed by atoms with E-state index in [1.165, 1.54) is 16.8 Å². The predicted octanol–water partition coefficient (Wildman–Crippen LogP) is 3.67. The van der Waals surface area contributed by atoms with Gasteiger partial charge in [-0.3, -0.25) is 4.99 Å². The van der Waals surface area contributed by atoms with Crippen molar-refractivity contribution in [3.63, 3.8) is 0 Å². The molecule has 1 aromatic heterocycles. The molecule has 2 heterocycles. The Morgan fingerprint density at radius 2 is 1.87 bits per heavy atom. The van der Waals surface area contributed by atoms with Crippen molar-refractivity contribution in [1.82, 2.24) is 20.4 Å². The maximum atomic E-state index is 4.38. The Hall–Kier alpha value is -3.54. The van der Waals surface area contributed by atoms with Crippen LogP contribution in [0.3, 0.4) is 0 Å². The SMILES string of the molecule is CN=C(NCc1ccc(N2CC=CC2)cc1)NC(C)c1cccc(-n2cccn2)c1. The number of hydrogen-bond donors (Lipinski definition) is 2. The average molecular weight is 401 g/mol. The average Bonchev–Trinajstić information content (AvgIpc) is 3.51. The zero-order chi connectivity index (χ0) is 20.8. The number of aromatic nitrogens is 2. The summed E-state index contributed by atoms with van der Waals surface area (Å²) in [6.07, 6.45) is 8.14. The topological polar surface area (TPSA) is 57.5 Å². The zero-order valence-corrected chi connectivity index (χ0v) is 17.5. The van der Waals surface area contributed by atoms with Gasteiger partial charge in [-0.25, -0.2) is 4.68 Å². The minimum atomic E-state index is 0.108. The van der Waals surface area contributed by atoms with Crippen LogP contribution < -0.4 is 15.5 Å². The van der Waals surface area contributed by atoms with Crippen LogP contribution >= 0.6 is 0 Å². The van der Waals surface area contributed by atoms with Gasteiger partial charge in [-0.1, -0.05) is 36.4 Å². The second kappa shape index (κ2) is 9.31. The van der Waals surface area contributed by atoms with E-state index in [0.717, 1.165) is 31.3 Å². The number of nitrogens with one attached hydrogen (secondary N) is 2. The van der Waals surface area contributed by atoms with Gasteiger partial charge in [0.1, 0.15) is 0 Å². The van der Waals surface area contributed by atoms with E-state index in [1.807, 2.05) is 16.9 Å². The van der Waals surface area contributed by atoms with Crippen molar-refractivity contribution in [2.24, 2.45) is 4.99 Å². The molecule has 3 aromatic rings. The summed E-state index contributed by atoms with van der Waals surface area (Å²) in [5.74, 6) is 0.778. The normalized spacial score (nSPS) is 14.7. The van der Waals surface area contributed by atoms with E-state index in [0.29, 0.717) is 0 Å². The summed E-state index contributed by atoms with van der Waals surface area (Å²) in [6.45, 7) is 4.84. The van der Waals surface area contributed by atoms with E-state index in [2.05, 4.69) is 93.2 Å². The van der Waals surface area contributed by atoms with Crippen molar-refractivity contribution in [3.8, 4) is 5.69 Å². The van der Waals surface area contributed by atoms with Crippen LogP contribution in [0, 0.1) is 0 Å². The first-order chi connectivity index (χ1) is 14.7. The minimum absolute atomic E-state index is 0.108. The van der Waals surface area contributed by atoms with E-state index in [9.17, 15) is 0 Å². The molecule has 0 saturated carbocycles. The molecule has 0 amide bonds. The highest BCUT2D eigenvalue weighted by Gasteiger charge is 2.10. The van der Waals surface area contributed by atoms with Gasteiger partial charge < -0.3 is 15.5 Å². The maximum absolute atomic E-state index is 4.38. The van der Waals surface area contributed by atoms with Crippen molar-refractivity contribution in [3.05, 3.63) is 90.3 Å². The Labute approximate surface area is 177 Å². The quantitative estimate of drug-likeness (QED) is 0.377. The van der Waals surface area contributed by atoms with Crippen LogP contribution in [-0.2, 0) is 6.54 Å². The molecular formula is C24H28N6. The summed E-state index contributed by atoms with van der Waals surface area (Å²) < 4.78 is 1.87. The number of anilines is 1. The van der Waals surface area contributed by atoms with Crippen LogP contribution in [0.1, 0.15) is 24.1 Å². The fraction of sp³-hybridized carbons (Fsp3) is 0.250. The van der Waals surface area contributed by atoms with Crippen molar-refractivity contribution in [1.29, 1.82) is 0 Å². The standard InChI is InChI=1S/C24H28N6/c1-19(21-7-5-8-23(17-21)30-16-6-13-27-30)28-24(25-2)26-18-20-9-11-22(12-10-20)29-14-3-4-15-29/h3-13,16-17,19H,14-15,18H2,1-2H3,(H2,25,26,28). The van der Waals surface area contributed by atoms with Gasteiger partial charge in [0.25, 0.3) is 0 Å². The first-order valence-corrected chi connectivity index (χ1v) is 10.3. The van der Waals surface area contributed by atoms with Crippen molar-refractivity contribution in [2.75, 3.05) is 25.0 Å². The number of hydrogen-bond acceptors (Lipinski definition) is 3. The summed E-state index contributed by atoms with van der Waals surface area (Å²) in [4.78, 5) is 6.73. The van der Waals surface area contributed by atoms with Gasteiger partial charge in [0.15, 0.2) is 5.96 Å². The zero-order valence-electron chi connectivity index (χ0n) is 17.5. The molecule has 4 rings (SSSR count). The Morgan fingerprint density at radius 3 is 2.57 bits per heavy atom. The highest BCUT2D eigenvalue weighted by atomic mass is 15.3. The molecule has 6 heteroatoms. The molecule has 1 aliphatic heterocycles. The summed E-state index contributed by atoms with van der Waals surface area (Å²) in [7, 11) is 1.80. The molecule has 1 aliphatic rings. The molecule has 30 heavy (non-hydrogen) atoms. The lowest BCUT2D eigenvalue weighted by molar-refractivity contribution is 0.684. The van der Waals surface area contributed by atoms with Gasteiger partial charge in [-0.2, -0.15) is 5.10 Å². The van der Waals surface area contributed by atoms with Crippen LogP contribution in [-0.4, -0.2) is 35.9 Å². The number of aliphatic imine (C=N–C) groups is 1. The van der Waals surface area contributed by atoms with Gasteiger partial charge in [-0.15, -0.1) is 0 Å². The number of rotatable bonds is 6. The molecule has 0 aliphatic carbocycles. The Kier molecular flexibility index (Phi) is 6.13. The summed E-state index contributed by atoms with van der Waals surface area (Å²) in [6, 6.07) is 19.1. The molecule has 2 aromatic carbocycles. The van der Waals surface area contributed by atoms with Crippen LogP contribution in [0.25, 0.3) is 5.69 Å². The summed E-state index contributed by atoms with van der Waals surface area (Å²) in [5, 5.41) is 11.2. The van der Waals surface area contributed by atoms with Crippen LogP contribution in [0.4, 0.5) is 5.69 Å². The van der Waals surface area contributed by atoms with Gasteiger partial charge in [0, 0.05) is 44.8 Å². The van der Waals surface area contributed by atoms with Gasteiger partial charge >= 0.3 is 0 Å². The van der Waals surface area contributed by atoms with E-state index < -0.39 is 0 Å². The Balaban J connectivity index is 1.34. The lowest BCUT2D eigenvalue weighted by Gasteiger charge is -2.20. The molecule has 154 valence electrons. The van der Waals surface area contributed by atoms with E-state index in [4.69, 9.17) is 0 Å². The Bertz CT molecular complexity index is 996. The first-order valence-electron chi connectivity index (χ1n) is 10.3. The largest absolute Gasteiger partial charge is 0.364 e. The third-order valence-corrected chi connectivity index (χ3v) is 5.30. The maximum Gasteiger partial charge on any atom is 0.191 e. The second-order valence-corrected chi connectivity index (χ2v) is 7.38. The fourth-order valence-corrected chi connectivity index (χ4v) is 3.54. The molecule has 2 N–H and O–H groups in total. The molecule has 6 nitrogen and oxygen atoms in total. The third kappa shape index (κ3) is 4.71. The molecule has 0 radical (unpaired) electrons. The Morgan fingerprint density at radius 1 is 1.07 bits per heavy atom. The molecule has 0 fully saturated rings. The van der Waals surface area contributed by atoms with Crippen LogP contribution in [0.15, 0.2) is 84.1 Å². The van der Waals surface area contributed by atoms with Crippen molar-refractivity contribution in [2.45, 2.75) is 19.5 Å². The molecule has 0 saturated heterocycles. The lowest BCUT2D eigenvalue weighted by Crippen LogP contribution is -2.38. The molecule has 1 unspecified atom stereocenters. The van der Waals surface area contributed by atoms with E-state index >= 15 is 0 Å². The molecule has 0 spiro atoms. The third-order valence-electron chi connectivity index (χ3n) is 5.30. The van der Waals surface area contributed by atoms with E-state index in [1.54, 1.807) is 13.2 Å². The monoisotopic (exact) mass is 400 g/mol. The second-order valence-electron chi connectivity index (χ2n) is 7.38.